The Morgan fingerprint density at radius 3 is 2.12 bits per heavy atom. The maximum atomic E-state index is 15.0. The first-order valence-corrected chi connectivity index (χ1v) is 18.9. The predicted octanol–water partition coefficient (Wildman–Crippen LogP) is 5.68. The number of anilines is 4. The molecule has 4 saturated carbocycles. The number of alkyl halides is 2. The topological polar surface area (TPSA) is 168 Å². The van der Waals surface area contributed by atoms with Crippen LogP contribution in [0.5, 0.6) is 0 Å². The largest absolute Gasteiger partial charge is 0.396 e. The zero-order chi connectivity index (χ0) is 36.3. The highest BCUT2D eigenvalue weighted by atomic mass is 19.3. The number of piperidine rings is 1. The van der Waals surface area contributed by atoms with Crippen molar-refractivity contribution in [3.63, 3.8) is 0 Å². The number of nitrogens with one attached hydrogen (secondary N) is 3. The average Bonchev–Trinajstić information content (AvgIpc) is 3.78. The van der Waals surface area contributed by atoms with E-state index in [0.29, 0.717) is 30.4 Å². The van der Waals surface area contributed by atoms with Crippen molar-refractivity contribution in [2.45, 2.75) is 108 Å². The van der Waals surface area contributed by atoms with E-state index in [4.69, 9.17) is 4.98 Å². The molecule has 2 atom stereocenters. The van der Waals surface area contributed by atoms with E-state index in [1.807, 2.05) is 31.7 Å². The van der Waals surface area contributed by atoms with Crippen molar-refractivity contribution < 1.29 is 19.0 Å². The molecule has 4 aromatic heterocycles. The highest BCUT2D eigenvalue weighted by Gasteiger charge is 2.55. The molecule has 7 heterocycles. The van der Waals surface area contributed by atoms with E-state index in [1.54, 1.807) is 0 Å². The van der Waals surface area contributed by atoms with Gasteiger partial charge in [0.05, 0.1) is 13.2 Å². The number of aromatic amines is 2. The van der Waals surface area contributed by atoms with Crippen molar-refractivity contribution in [2.24, 2.45) is 10.8 Å². The summed E-state index contributed by atoms with van der Waals surface area (Å²) in [6.45, 7) is 7.84. The summed E-state index contributed by atoms with van der Waals surface area (Å²) in [4.78, 5) is 21.9. The van der Waals surface area contributed by atoms with E-state index in [1.165, 1.54) is 36.9 Å². The van der Waals surface area contributed by atoms with Crippen molar-refractivity contribution >= 4 is 23.5 Å². The van der Waals surface area contributed by atoms with E-state index in [9.17, 15) is 19.0 Å². The number of rotatable bonds is 10. The Balaban J connectivity index is 0.000000143. The van der Waals surface area contributed by atoms with Gasteiger partial charge in [-0.3, -0.25) is 10.2 Å². The van der Waals surface area contributed by atoms with Gasteiger partial charge in [0.2, 0.25) is 11.9 Å². The van der Waals surface area contributed by atoms with Crippen LogP contribution in [0.1, 0.15) is 112 Å². The third kappa shape index (κ3) is 6.50. The van der Waals surface area contributed by atoms with Crippen molar-refractivity contribution in [3.8, 4) is 0 Å². The molecule has 3 aliphatic heterocycles. The summed E-state index contributed by atoms with van der Waals surface area (Å²) in [6.07, 6.45) is 10.8. The second-order valence-corrected chi connectivity index (χ2v) is 15.6. The molecular formula is C37H49F2N11O2. The van der Waals surface area contributed by atoms with Crippen LogP contribution in [0.15, 0.2) is 30.5 Å². The maximum Gasteiger partial charge on any atom is 0.333 e. The molecule has 0 amide bonds. The number of H-pyrrole nitrogens is 2. The lowest BCUT2D eigenvalue weighted by Gasteiger charge is -2.34. The van der Waals surface area contributed by atoms with Crippen molar-refractivity contribution in [2.75, 3.05) is 41.4 Å². The van der Waals surface area contributed by atoms with Gasteiger partial charge in [0, 0.05) is 83.3 Å². The van der Waals surface area contributed by atoms with Crippen molar-refractivity contribution in [1.82, 2.24) is 40.3 Å². The summed E-state index contributed by atoms with van der Waals surface area (Å²) in [7, 11) is 0. The Labute approximate surface area is 302 Å². The number of halogens is 2. The minimum atomic E-state index is -3.27. The lowest BCUT2D eigenvalue weighted by Crippen LogP contribution is -2.38. The van der Waals surface area contributed by atoms with Crippen LogP contribution in [-0.4, -0.2) is 88.9 Å². The molecular weight excluding hydrogens is 668 g/mol. The number of nitrogens with zero attached hydrogens (tertiary/aromatic N) is 8. The Hall–Kier alpha value is -4.24. The lowest BCUT2D eigenvalue weighted by molar-refractivity contribution is 0.0331. The van der Waals surface area contributed by atoms with Crippen LogP contribution < -0.4 is 15.1 Å². The quantitative estimate of drug-likeness (QED) is 0.137. The van der Waals surface area contributed by atoms with Gasteiger partial charge in [0.1, 0.15) is 17.2 Å². The molecule has 4 aliphatic carbocycles. The highest BCUT2D eigenvalue weighted by molar-refractivity contribution is 5.55. The summed E-state index contributed by atoms with van der Waals surface area (Å²) in [5, 5.41) is 36.6. The number of aryl methyl sites for hydroxylation is 1. The third-order valence-corrected chi connectivity index (χ3v) is 11.7. The molecule has 0 spiro atoms. The summed E-state index contributed by atoms with van der Waals surface area (Å²) >= 11 is 0. The van der Waals surface area contributed by atoms with Gasteiger partial charge in [-0.15, -0.1) is 0 Å². The number of fused-ring (bicyclic) bond motifs is 3. The van der Waals surface area contributed by atoms with Crippen LogP contribution in [-0.2, 0) is 5.92 Å². The normalized spacial score (nSPS) is 27.1. The van der Waals surface area contributed by atoms with Crippen molar-refractivity contribution in [1.29, 1.82) is 0 Å². The molecule has 4 bridgehead atoms. The fourth-order valence-electron chi connectivity index (χ4n) is 8.47. The number of aliphatic hydroxyl groups excluding tert-OH is 2. The first-order chi connectivity index (χ1) is 25.1. The first kappa shape index (κ1) is 34.8. The van der Waals surface area contributed by atoms with Gasteiger partial charge >= 0.3 is 5.92 Å². The van der Waals surface area contributed by atoms with Gasteiger partial charge in [-0.05, 0) is 76.8 Å². The van der Waals surface area contributed by atoms with Gasteiger partial charge < -0.3 is 25.3 Å². The highest BCUT2D eigenvalue weighted by Crippen LogP contribution is 2.52. The molecule has 13 nitrogen and oxygen atoms in total. The predicted molar refractivity (Wildman–Crippen MR) is 192 cm³/mol. The van der Waals surface area contributed by atoms with Crippen LogP contribution >= 0.6 is 0 Å². The minimum absolute atomic E-state index is 0.0761. The Morgan fingerprint density at radius 2 is 1.44 bits per heavy atom. The fourth-order valence-corrected chi connectivity index (χ4v) is 8.47. The van der Waals surface area contributed by atoms with Gasteiger partial charge in [-0.2, -0.15) is 24.0 Å². The SMILES string of the molecule is CC.Cc1cc(Nc2cc(C3CC3)[nH]n2)nc(N2CC3(CO)CC2C3)n1.OCC12CCC(C1)N(c1nccc(C(F)(F)c3cc(C4CC4)[nH]n3)n1)C2. The van der Waals surface area contributed by atoms with Crippen LogP contribution in [0.3, 0.4) is 0 Å². The molecule has 11 rings (SSSR count). The summed E-state index contributed by atoms with van der Waals surface area (Å²) < 4.78 is 29.9. The smallest absolute Gasteiger partial charge is 0.333 e. The number of aromatic nitrogens is 8. The van der Waals surface area contributed by atoms with Crippen molar-refractivity contribution in [3.05, 3.63) is 58.9 Å². The minimum Gasteiger partial charge on any atom is -0.396 e. The summed E-state index contributed by atoms with van der Waals surface area (Å²) in [5.74, 6) is 0.374. The second kappa shape index (κ2) is 13.3. The van der Waals surface area contributed by atoms with Gasteiger partial charge in [-0.1, -0.05) is 13.8 Å². The van der Waals surface area contributed by atoms with E-state index >= 15 is 0 Å². The maximum absolute atomic E-state index is 15.0. The fraction of sp³-hybridized carbons (Fsp3) is 0.622. The summed E-state index contributed by atoms with van der Waals surface area (Å²) in [5.41, 5.74) is 2.23. The third-order valence-electron chi connectivity index (χ3n) is 11.7. The van der Waals surface area contributed by atoms with Gasteiger partial charge in [0.15, 0.2) is 5.82 Å². The monoisotopic (exact) mass is 717 g/mol. The molecule has 15 heteroatoms. The molecule has 7 fully saturated rings. The molecule has 3 saturated heterocycles. The van der Waals surface area contributed by atoms with Crippen LogP contribution in [0, 0.1) is 17.8 Å². The van der Waals surface area contributed by atoms with E-state index in [0.717, 1.165) is 80.5 Å². The molecule has 4 aromatic rings. The molecule has 0 radical (unpaired) electrons. The molecule has 7 aliphatic rings. The van der Waals surface area contributed by atoms with Crippen LogP contribution in [0.4, 0.5) is 32.3 Å². The molecule has 278 valence electrons. The molecule has 52 heavy (non-hydrogen) atoms. The zero-order valence-corrected chi connectivity index (χ0v) is 30.1. The number of hydrogen-bond donors (Lipinski definition) is 5. The summed E-state index contributed by atoms with van der Waals surface area (Å²) in [6, 6.07) is 7.42. The van der Waals surface area contributed by atoms with E-state index in [-0.39, 0.29) is 41.5 Å². The lowest BCUT2D eigenvalue weighted by atomic mass is 9.71. The first-order valence-electron chi connectivity index (χ1n) is 18.9. The molecule has 0 aromatic carbocycles. The van der Waals surface area contributed by atoms with E-state index in [2.05, 4.69) is 51.6 Å². The molecule has 2 unspecified atom stereocenters. The van der Waals surface area contributed by atoms with Crippen LogP contribution in [0.25, 0.3) is 0 Å². The Morgan fingerprint density at radius 1 is 0.788 bits per heavy atom. The Kier molecular flexibility index (Phi) is 8.92. The average molecular weight is 718 g/mol. The Bertz CT molecular complexity index is 1890. The second-order valence-electron chi connectivity index (χ2n) is 15.6. The van der Waals surface area contributed by atoms with Crippen LogP contribution in [0.2, 0.25) is 0 Å². The van der Waals surface area contributed by atoms with Gasteiger partial charge in [0.25, 0.3) is 0 Å². The molecule has 5 N–H and O–H groups in total. The zero-order valence-electron chi connectivity index (χ0n) is 30.1. The standard InChI is InChI=1S/C18H21F2N5O.C17H22N6O.C2H6/c19-18(20,15-7-13(23-24-15)11-1-2-11)14-4-6-21-16(22-14)25-9-17(10-26)5-3-12(25)8-17;1-10-4-14(19-15-5-13(21-22-15)11-2-3-11)20-16(18-10)23-8-17(9-24)6-12(23)7-17;1-2/h4,6-7,11-12,26H,1-3,5,8-10H2,(H,23,24);4-5,11-12,24H,2-3,6-9H2,1H3,(H2,18,19,20,21,22);1-2H3. The number of hydrogen-bond acceptors (Lipinski definition) is 11. The number of aliphatic hydroxyl groups is 2. The van der Waals surface area contributed by atoms with E-state index < -0.39 is 5.92 Å². The van der Waals surface area contributed by atoms with Gasteiger partial charge in [-0.25, -0.2) is 15.0 Å².